The van der Waals surface area contributed by atoms with Crippen molar-refractivity contribution in [2.75, 3.05) is 46.9 Å². The number of hydrogen-bond donors (Lipinski definition) is 1. The van der Waals surface area contributed by atoms with Crippen LogP contribution in [0.25, 0.3) is 0 Å². The van der Waals surface area contributed by atoms with Crippen molar-refractivity contribution in [1.29, 1.82) is 0 Å². The summed E-state index contributed by atoms with van der Waals surface area (Å²) < 4.78 is 5.30. The monoisotopic (exact) mass is 491 g/mol. The Morgan fingerprint density at radius 1 is 1.11 bits per heavy atom. The minimum Gasteiger partial charge on any atom is -0.367 e. The van der Waals surface area contributed by atoms with Gasteiger partial charge in [0.15, 0.2) is 0 Å². The van der Waals surface area contributed by atoms with E-state index in [1.54, 1.807) is 17.0 Å². The number of hydrogen-bond acceptors (Lipinski definition) is 6. The second kappa shape index (κ2) is 13.4. The first-order valence-electron chi connectivity index (χ1n) is 11.8. The van der Waals surface area contributed by atoms with Gasteiger partial charge in [-0.3, -0.25) is 19.4 Å². The number of rotatable bonds is 8. The largest absolute Gasteiger partial charge is 0.367 e. The summed E-state index contributed by atoms with van der Waals surface area (Å²) in [6, 6.07) is 18.7. The number of ether oxygens (including phenoxy) is 1. The van der Waals surface area contributed by atoms with Gasteiger partial charge in [0, 0.05) is 20.1 Å². The van der Waals surface area contributed by atoms with E-state index in [9.17, 15) is 14.4 Å². The lowest BCUT2D eigenvalue weighted by molar-refractivity contribution is -0.197. The molecular weight excluding hydrogens is 458 g/mol. The second-order valence-electron chi connectivity index (χ2n) is 8.45. The molecule has 0 spiro atoms. The van der Waals surface area contributed by atoms with Gasteiger partial charge < -0.3 is 19.9 Å². The molecule has 1 N–H and O–H groups in total. The van der Waals surface area contributed by atoms with Crippen molar-refractivity contribution in [2.45, 2.75) is 18.8 Å². The smallest absolute Gasteiger partial charge is 0.250 e. The predicted molar refractivity (Wildman–Crippen MR) is 136 cm³/mol. The number of likely N-dealkylation sites (N-methyl/N-ethyl adjacent to an activating group) is 1. The van der Waals surface area contributed by atoms with Crippen LogP contribution in [0.4, 0.5) is 0 Å². The average Bonchev–Trinajstić information content (AvgIpc) is 2.89. The Morgan fingerprint density at radius 3 is 2.39 bits per heavy atom. The van der Waals surface area contributed by atoms with Gasteiger partial charge in [-0.2, -0.15) is 0 Å². The number of benzene rings is 2. The lowest BCUT2D eigenvalue weighted by Gasteiger charge is -2.53. The molecule has 190 valence electrons. The fourth-order valence-electron chi connectivity index (χ4n) is 4.34. The summed E-state index contributed by atoms with van der Waals surface area (Å²) in [4.78, 5) is 40.7. The third-order valence-electron chi connectivity index (χ3n) is 6.02. The zero-order chi connectivity index (χ0) is 25.9. The molecule has 3 amide bonds. The zero-order valence-electron chi connectivity index (χ0n) is 20.7. The molecular formula is C27H33N5O4. The number of piperazine rings is 1. The molecule has 2 atom stereocenters. The summed E-state index contributed by atoms with van der Waals surface area (Å²) in [6.45, 7) is 2.00. The maximum Gasteiger partial charge on any atom is 0.250 e. The van der Waals surface area contributed by atoms with Crippen molar-refractivity contribution in [1.82, 2.24) is 25.1 Å². The molecule has 9 heteroatoms. The first kappa shape index (κ1) is 26.9. The molecule has 0 aromatic heterocycles. The van der Waals surface area contributed by atoms with Crippen molar-refractivity contribution in [3.05, 3.63) is 71.8 Å². The highest BCUT2D eigenvalue weighted by atomic mass is 16.5. The van der Waals surface area contributed by atoms with E-state index in [1.165, 1.54) is 15.5 Å². The van der Waals surface area contributed by atoms with Crippen LogP contribution >= 0.6 is 0 Å². The van der Waals surface area contributed by atoms with Crippen molar-refractivity contribution in [2.24, 2.45) is 0 Å². The van der Waals surface area contributed by atoms with E-state index in [0.29, 0.717) is 18.5 Å². The van der Waals surface area contributed by atoms with Gasteiger partial charge in [0.25, 0.3) is 0 Å². The van der Waals surface area contributed by atoms with Gasteiger partial charge >= 0.3 is 0 Å². The van der Waals surface area contributed by atoms with E-state index in [-0.39, 0.29) is 38.1 Å². The third kappa shape index (κ3) is 6.49. The molecule has 2 aromatic carbocycles. The maximum atomic E-state index is 13.2. The van der Waals surface area contributed by atoms with Crippen molar-refractivity contribution in [3.8, 4) is 12.3 Å². The second-order valence-corrected chi connectivity index (χ2v) is 8.45. The molecule has 0 saturated carbocycles. The lowest BCUT2D eigenvalue weighted by Crippen LogP contribution is -2.71. The van der Waals surface area contributed by atoms with Gasteiger partial charge in [-0.05, 0) is 18.2 Å². The van der Waals surface area contributed by atoms with E-state index in [0.717, 1.165) is 6.54 Å². The Hall–Kier alpha value is -3.71. The van der Waals surface area contributed by atoms with E-state index < -0.39 is 12.2 Å². The van der Waals surface area contributed by atoms with Crippen LogP contribution in [0.1, 0.15) is 17.2 Å². The van der Waals surface area contributed by atoms with Gasteiger partial charge in [-0.25, -0.2) is 5.01 Å². The number of fused-ring (bicyclic) bond motifs is 1. The maximum absolute atomic E-state index is 13.2. The number of nitrogens with one attached hydrogen (secondary N) is 1. The quantitative estimate of drug-likeness (QED) is 0.338. The standard InChI is InChI=1S/C19H22N4O4.C8H11N/c1-3-10-27-11-9-21-12-16-22(14-24)20(2)13-17(25)23(16)18(19(21)26)15-7-5-4-6-8-15;1-9-7-8-5-3-2-4-6-8/h1,4-8,14,16,18H,9-13H2,2H3;2-6,9H,7H2,1H3/t16?,18-;/m0./s1. The molecule has 2 aliphatic heterocycles. The highest BCUT2D eigenvalue weighted by molar-refractivity contribution is 5.91. The molecule has 0 bridgehead atoms. The van der Waals surface area contributed by atoms with Crippen LogP contribution in [0.2, 0.25) is 0 Å². The Labute approximate surface area is 212 Å². The lowest BCUT2D eigenvalue weighted by atomic mass is 9.99. The minimum absolute atomic E-state index is 0.0388. The minimum atomic E-state index is -0.777. The molecule has 2 saturated heterocycles. The fourth-order valence-corrected chi connectivity index (χ4v) is 4.34. The highest BCUT2D eigenvalue weighted by Gasteiger charge is 2.49. The van der Waals surface area contributed by atoms with Crippen LogP contribution in [0.15, 0.2) is 60.7 Å². The van der Waals surface area contributed by atoms with E-state index in [1.807, 2.05) is 55.6 Å². The van der Waals surface area contributed by atoms with Crippen LogP contribution in [0.5, 0.6) is 0 Å². The van der Waals surface area contributed by atoms with Gasteiger partial charge in [0.05, 0.1) is 19.7 Å². The summed E-state index contributed by atoms with van der Waals surface area (Å²) in [5.41, 5.74) is 2.05. The molecule has 0 radical (unpaired) electrons. The number of nitrogens with zero attached hydrogens (tertiary/aromatic N) is 4. The predicted octanol–water partition coefficient (Wildman–Crippen LogP) is 1.10. The Balaban J connectivity index is 0.000000338. The van der Waals surface area contributed by atoms with Gasteiger partial charge in [-0.1, -0.05) is 66.6 Å². The molecule has 36 heavy (non-hydrogen) atoms. The topological polar surface area (TPSA) is 85.4 Å². The summed E-state index contributed by atoms with van der Waals surface area (Å²) >= 11 is 0. The average molecular weight is 492 g/mol. The van der Waals surface area contributed by atoms with Crippen molar-refractivity contribution >= 4 is 18.2 Å². The van der Waals surface area contributed by atoms with Crippen LogP contribution < -0.4 is 5.32 Å². The van der Waals surface area contributed by atoms with Gasteiger partial charge in [0.2, 0.25) is 18.2 Å². The molecule has 9 nitrogen and oxygen atoms in total. The number of terminal acetylenes is 1. The number of hydrazine groups is 1. The summed E-state index contributed by atoms with van der Waals surface area (Å²) in [5.74, 6) is 2.01. The fraction of sp³-hybridized carbons (Fsp3) is 0.370. The normalized spacial score (nSPS) is 19.8. The van der Waals surface area contributed by atoms with Crippen LogP contribution in [0.3, 0.4) is 0 Å². The molecule has 2 fully saturated rings. The Morgan fingerprint density at radius 2 is 1.78 bits per heavy atom. The molecule has 2 heterocycles. The van der Waals surface area contributed by atoms with E-state index in [4.69, 9.17) is 11.2 Å². The Kier molecular flexibility index (Phi) is 10.0. The summed E-state index contributed by atoms with van der Waals surface area (Å²) in [7, 11) is 3.63. The highest BCUT2D eigenvalue weighted by Crippen LogP contribution is 2.33. The number of carbonyl (C=O) groups is 3. The van der Waals surface area contributed by atoms with Crippen LogP contribution in [-0.4, -0.2) is 91.2 Å². The summed E-state index contributed by atoms with van der Waals surface area (Å²) in [6.07, 6.45) is 5.30. The molecule has 1 unspecified atom stereocenters. The van der Waals surface area contributed by atoms with E-state index in [2.05, 4.69) is 23.4 Å². The molecule has 2 aromatic rings. The third-order valence-corrected chi connectivity index (χ3v) is 6.02. The van der Waals surface area contributed by atoms with Crippen molar-refractivity contribution in [3.63, 3.8) is 0 Å². The SMILES string of the molecule is C#CCOCCN1CC2N(C(=O)CN(C)N2C=O)[C@@H](c2ccccc2)C1=O.CNCc1ccccc1. The van der Waals surface area contributed by atoms with Crippen LogP contribution in [-0.2, 0) is 25.7 Å². The van der Waals surface area contributed by atoms with E-state index >= 15 is 0 Å². The van der Waals surface area contributed by atoms with Crippen molar-refractivity contribution < 1.29 is 19.1 Å². The molecule has 4 rings (SSSR count). The zero-order valence-corrected chi connectivity index (χ0v) is 20.7. The number of amides is 3. The van der Waals surface area contributed by atoms with Gasteiger partial charge in [-0.15, -0.1) is 6.42 Å². The first-order chi connectivity index (χ1) is 17.5. The molecule has 2 aliphatic rings. The number of carbonyl (C=O) groups excluding carboxylic acids is 3. The van der Waals surface area contributed by atoms with Crippen LogP contribution in [0, 0.1) is 12.3 Å². The molecule has 0 aliphatic carbocycles. The first-order valence-corrected chi connectivity index (χ1v) is 11.8. The van der Waals surface area contributed by atoms with Gasteiger partial charge in [0.1, 0.15) is 18.8 Å². The Bertz CT molecular complexity index is 1040. The summed E-state index contributed by atoms with van der Waals surface area (Å²) in [5, 5.41) is 6.11.